The van der Waals surface area contributed by atoms with Gasteiger partial charge in [0, 0.05) is 30.4 Å². The third-order valence-corrected chi connectivity index (χ3v) is 4.08. The van der Waals surface area contributed by atoms with Gasteiger partial charge in [-0.1, -0.05) is 17.3 Å². The van der Waals surface area contributed by atoms with Crippen molar-refractivity contribution in [3.8, 4) is 17.0 Å². The van der Waals surface area contributed by atoms with Crippen LogP contribution in [0.2, 0.25) is 0 Å². The van der Waals surface area contributed by atoms with Gasteiger partial charge < -0.3 is 14.6 Å². The zero-order chi connectivity index (χ0) is 16.7. The average Bonchev–Trinajstić information content (AvgIpc) is 3.27. The number of carbonyl (C=O) groups is 1. The molecule has 1 aromatic carbocycles. The first-order chi connectivity index (χ1) is 11.6. The predicted molar refractivity (Wildman–Crippen MR) is 85.6 cm³/mol. The van der Waals surface area contributed by atoms with Crippen LogP contribution < -0.4 is 10.1 Å². The molecule has 1 N–H and O–H groups in total. The molecule has 0 fully saturated rings. The van der Waals surface area contributed by atoms with Crippen molar-refractivity contribution in [3.63, 3.8) is 0 Å². The minimum atomic E-state index is -0.185. The van der Waals surface area contributed by atoms with Crippen LogP contribution in [-0.4, -0.2) is 27.5 Å². The maximum Gasteiger partial charge on any atom is 0.270 e. The molecule has 1 unspecified atom stereocenters. The minimum absolute atomic E-state index is 0.173. The zero-order valence-electron chi connectivity index (χ0n) is 13.3. The van der Waals surface area contributed by atoms with E-state index in [0.717, 1.165) is 28.3 Å². The van der Waals surface area contributed by atoms with Crippen LogP contribution in [0.1, 0.15) is 27.9 Å². The Kier molecular flexibility index (Phi) is 3.34. The van der Waals surface area contributed by atoms with Crippen LogP contribution in [0.4, 0.5) is 0 Å². The second-order valence-electron chi connectivity index (χ2n) is 5.75. The number of amides is 1. The smallest absolute Gasteiger partial charge is 0.270 e. The number of carbonyl (C=O) groups excluding carboxylic acids is 1. The van der Waals surface area contributed by atoms with Gasteiger partial charge in [0.25, 0.3) is 5.91 Å². The molecule has 4 rings (SSSR count). The molecule has 24 heavy (non-hydrogen) atoms. The van der Waals surface area contributed by atoms with Crippen molar-refractivity contribution in [2.75, 3.05) is 6.61 Å². The Morgan fingerprint density at radius 2 is 2.21 bits per heavy atom. The van der Waals surface area contributed by atoms with Crippen LogP contribution in [0.5, 0.6) is 5.75 Å². The molecule has 122 valence electrons. The highest BCUT2D eigenvalue weighted by molar-refractivity contribution is 5.92. The topological polar surface area (TPSA) is 82.2 Å². The second-order valence-corrected chi connectivity index (χ2v) is 5.75. The molecular weight excluding hydrogens is 308 g/mol. The van der Waals surface area contributed by atoms with Gasteiger partial charge in [0.15, 0.2) is 0 Å². The summed E-state index contributed by atoms with van der Waals surface area (Å²) in [4.78, 5) is 12.3. The van der Waals surface area contributed by atoms with E-state index in [4.69, 9.17) is 9.26 Å². The predicted octanol–water partition coefficient (Wildman–Crippen LogP) is 2.25. The van der Waals surface area contributed by atoms with Crippen molar-refractivity contribution in [2.45, 2.75) is 13.0 Å². The number of rotatable bonds is 3. The van der Waals surface area contributed by atoms with Gasteiger partial charge in [0.2, 0.25) is 0 Å². The highest BCUT2D eigenvalue weighted by Crippen LogP contribution is 2.35. The molecule has 2 aromatic heterocycles. The monoisotopic (exact) mass is 324 g/mol. The van der Waals surface area contributed by atoms with E-state index >= 15 is 0 Å². The van der Waals surface area contributed by atoms with Crippen molar-refractivity contribution in [2.24, 2.45) is 7.05 Å². The number of nitrogens with zero attached hydrogens (tertiary/aromatic N) is 3. The van der Waals surface area contributed by atoms with Crippen LogP contribution in [0.25, 0.3) is 11.3 Å². The maximum absolute atomic E-state index is 12.3. The first kappa shape index (κ1) is 14.5. The number of nitrogens with one attached hydrogen (secondary N) is 1. The summed E-state index contributed by atoms with van der Waals surface area (Å²) in [5.74, 6) is 1.34. The third kappa shape index (κ3) is 2.44. The van der Waals surface area contributed by atoms with Crippen LogP contribution in [0.3, 0.4) is 0 Å². The number of aromatic nitrogens is 3. The number of ether oxygens (including phenoxy) is 1. The lowest BCUT2D eigenvalue weighted by Crippen LogP contribution is -2.30. The molecule has 0 saturated heterocycles. The van der Waals surface area contributed by atoms with Crippen LogP contribution >= 0.6 is 0 Å². The first-order valence-corrected chi connectivity index (χ1v) is 7.61. The molecule has 0 spiro atoms. The highest BCUT2D eigenvalue weighted by atomic mass is 16.5. The SMILES string of the molecule is Cc1cc(-c2ccc3c(c2)OCC3NC(=O)c2ccnn2C)no1. The Morgan fingerprint density at radius 3 is 2.92 bits per heavy atom. The van der Waals surface area contributed by atoms with Crippen LogP contribution in [0.15, 0.2) is 41.1 Å². The number of hydrogen-bond donors (Lipinski definition) is 1. The number of fused-ring (bicyclic) bond motifs is 1. The molecule has 3 aromatic rings. The van der Waals surface area contributed by atoms with E-state index in [2.05, 4.69) is 15.6 Å². The molecule has 1 aliphatic rings. The van der Waals surface area contributed by atoms with E-state index in [1.165, 1.54) is 0 Å². The number of hydrogen-bond acceptors (Lipinski definition) is 5. The van der Waals surface area contributed by atoms with E-state index < -0.39 is 0 Å². The van der Waals surface area contributed by atoms with Crippen molar-refractivity contribution < 1.29 is 14.1 Å². The Labute approximate surface area is 138 Å². The summed E-state index contributed by atoms with van der Waals surface area (Å²) in [5.41, 5.74) is 3.15. The van der Waals surface area contributed by atoms with Crippen molar-refractivity contribution in [1.82, 2.24) is 20.3 Å². The Bertz CT molecular complexity index is 912. The summed E-state index contributed by atoms with van der Waals surface area (Å²) in [5, 5.41) is 11.0. The fourth-order valence-corrected chi connectivity index (χ4v) is 2.82. The van der Waals surface area contributed by atoms with Gasteiger partial charge in [-0.15, -0.1) is 0 Å². The van der Waals surface area contributed by atoms with Gasteiger partial charge in [0.1, 0.15) is 29.5 Å². The summed E-state index contributed by atoms with van der Waals surface area (Å²) in [6.45, 7) is 2.25. The van der Waals surface area contributed by atoms with Gasteiger partial charge in [-0.25, -0.2) is 0 Å². The quantitative estimate of drug-likeness (QED) is 0.799. The fraction of sp³-hybridized carbons (Fsp3) is 0.235. The molecule has 1 amide bonds. The summed E-state index contributed by atoms with van der Waals surface area (Å²) >= 11 is 0. The van der Waals surface area contributed by atoms with Crippen molar-refractivity contribution in [1.29, 1.82) is 0 Å². The highest BCUT2D eigenvalue weighted by Gasteiger charge is 2.27. The van der Waals surface area contributed by atoms with Crippen molar-refractivity contribution >= 4 is 5.91 Å². The summed E-state index contributed by atoms with van der Waals surface area (Å²) in [6, 6.07) is 9.20. The molecule has 3 heterocycles. The van der Waals surface area contributed by atoms with Crippen LogP contribution in [0, 0.1) is 6.92 Å². The minimum Gasteiger partial charge on any atom is -0.491 e. The summed E-state index contributed by atoms with van der Waals surface area (Å²) < 4.78 is 12.4. The van der Waals surface area contributed by atoms with Gasteiger partial charge in [-0.3, -0.25) is 9.48 Å². The molecule has 0 aliphatic carbocycles. The Morgan fingerprint density at radius 1 is 1.33 bits per heavy atom. The molecule has 0 bridgehead atoms. The Balaban J connectivity index is 1.56. The van der Waals surface area contributed by atoms with E-state index in [9.17, 15) is 4.79 Å². The normalized spacial score (nSPS) is 15.8. The zero-order valence-corrected chi connectivity index (χ0v) is 13.3. The van der Waals surface area contributed by atoms with Crippen molar-refractivity contribution in [3.05, 3.63) is 53.5 Å². The first-order valence-electron chi connectivity index (χ1n) is 7.61. The lowest BCUT2D eigenvalue weighted by Gasteiger charge is -2.11. The van der Waals surface area contributed by atoms with E-state index in [-0.39, 0.29) is 11.9 Å². The molecular formula is C17H16N4O3. The molecule has 0 saturated carbocycles. The van der Waals surface area contributed by atoms with Gasteiger partial charge in [-0.2, -0.15) is 5.10 Å². The molecule has 0 radical (unpaired) electrons. The Hall–Kier alpha value is -3.09. The largest absolute Gasteiger partial charge is 0.491 e. The van der Waals surface area contributed by atoms with E-state index in [1.807, 2.05) is 31.2 Å². The standard InChI is InChI=1S/C17H16N4O3/c1-10-7-13(20-24-10)11-3-4-12-14(9-23-16(12)8-11)19-17(22)15-5-6-18-21(15)2/h3-8,14H,9H2,1-2H3,(H,19,22). The van der Waals surface area contributed by atoms with Crippen LogP contribution in [-0.2, 0) is 7.05 Å². The summed E-state index contributed by atoms with van der Waals surface area (Å²) in [6.07, 6.45) is 1.60. The third-order valence-electron chi connectivity index (χ3n) is 4.08. The lowest BCUT2D eigenvalue weighted by atomic mass is 10.0. The summed E-state index contributed by atoms with van der Waals surface area (Å²) in [7, 11) is 1.74. The second kappa shape index (κ2) is 5.52. The van der Waals surface area contributed by atoms with E-state index in [1.54, 1.807) is 24.0 Å². The molecule has 1 aliphatic heterocycles. The van der Waals surface area contributed by atoms with Gasteiger partial charge in [-0.05, 0) is 19.1 Å². The van der Waals surface area contributed by atoms with E-state index in [0.29, 0.717) is 12.3 Å². The van der Waals surface area contributed by atoms with Gasteiger partial charge in [0.05, 0.1) is 6.04 Å². The molecule has 7 nitrogen and oxygen atoms in total. The maximum atomic E-state index is 12.3. The average molecular weight is 324 g/mol. The number of aryl methyl sites for hydroxylation is 2. The van der Waals surface area contributed by atoms with Gasteiger partial charge >= 0.3 is 0 Å². The molecule has 1 atom stereocenters. The lowest BCUT2D eigenvalue weighted by molar-refractivity contribution is 0.0920. The fourth-order valence-electron chi connectivity index (χ4n) is 2.82. The molecule has 7 heteroatoms. The number of benzene rings is 1.